The number of carbonyl (C=O) groups excluding carboxylic acids is 2. The van der Waals surface area contributed by atoms with Crippen LogP contribution in [-0.2, 0) is 20.8 Å². The molecule has 2 aliphatic heterocycles. The van der Waals surface area contributed by atoms with Gasteiger partial charge in [0.2, 0.25) is 11.8 Å². The molecule has 0 spiro atoms. The van der Waals surface area contributed by atoms with Crippen LogP contribution in [0.15, 0.2) is 66.7 Å². The van der Waals surface area contributed by atoms with E-state index < -0.39 is 41.2 Å². The number of fused-ring (bicyclic) bond motifs is 4. The first-order chi connectivity index (χ1) is 22.1. The van der Waals surface area contributed by atoms with Gasteiger partial charge in [0.05, 0.1) is 32.8 Å². The summed E-state index contributed by atoms with van der Waals surface area (Å²) in [5.41, 5.74) is -2.37. The van der Waals surface area contributed by atoms with Gasteiger partial charge in [0, 0.05) is 30.5 Å². The Hall–Kier alpha value is -4.28. The molecule has 2 amide bonds. The van der Waals surface area contributed by atoms with E-state index in [1.54, 1.807) is 48.4 Å². The van der Waals surface area contributed by atoms with E-state index in [1.807, 2.05) is 44.2 Å². The number of hydrogen-bond donors (Lipinski definition) is 3. The van der Waals surface area contributed by atoms with Crippen LogP contribution >= 0.6 is 0 Å². The van der Waals surface area contributed by atoms with Crippen molar-refractivity contribution in [2.75, 3.05) is 27.9 Å². The highest BCUT2D eigenvalue weighted by Crippen LogP contribution is 2.68. The molecule has 2 fully saturated rings. The molecule has 7 atom stereocenters. The molecule has 1 saturated heterocycles. The first-order valence-electron chi connectivity index (χ1n) is 15.8. The maximum atomic E-state index is 15.1. The van der Waals surface area contributed by atoms with Crippen molar-refractivity contribution in [3.63, 3.8) is 0 Å². The second kappa shape index (κ2) is 12.1. The summed E-state index contributed by atoms with van der Waals surface area (Å²) in [5, 5.41) is 28.8. The summed E-state index contributed by atoms with van der Waals surface area (Å²) in [6.45, 7) is 4.19. The topological polar surface area (TPSA) is 127 Å². The van der Waals surface area contributed by atoms with Gasteiger partial charge < -0.3 is 39.4 Å². The lowest BCUT2D eigenvalue weighted by atomic mass is 9.75. The number of amides is 2. The molecule has 10 heteroatoms. The molecule has 244 valence electrons. The number of nitrogens with zero attached hydrogens (tertiary/aromatic N) is 1. The zero-order valence-corrected chi connectivity index (χ0v) is 26.9. The van der Waals surface area contributed by atoms with E-state index >= 15 is 4.79 Å². The van der Waals surface area contributed by atoms with Gasteiger partial charge in [0.1, 0.15) is 40.9 Å². The van der Waals surface area contributed by atoms with Crippen LogP contribution in [0.4, 0.5) is 0 Å². The second-order valence-electron chi connectivity index (χ2n) is 12.4. The SMILES string of the molecule is CCC(C)C(=O)N[C@@H]1CCCN1C(=O)[C@@H]1[C@@H](c2ccccc2)[C@]2(c3ccc(OC)cc3)Oc3cc(OC)cc(OC)c3[C@@]1(O)[C@@H]2O. The molecule has 10 nitrogen and oxygen atoms in total. The highest BCUT2D eigenvalue weighted by molar-refractivity contribution is 5.86. The fourth-order valence-electron chi connectivity index (χ4n) is 7.61. The summed E-state index contributed by atoms with van der Waals surface area (Å²) < 4.78 is 23.7. The first kappa shape index (κ1) is 31.7. The lowest BCUT2D eigenvalue weighted by Crippen LogP contribution is -2.56. The lowest BCUT2D eigenvalue weighted by molar-refractivity contribution is -0.167. The minimum absolute atomic E-state index is 0.132. The van der Waals surface area contributed by atoms with Gasteiger partial charge in [0.25, 0.3) is 0 Å². The Bertz CT molecular complexity index is 1600. The summed E-state index contributed by atoms with van der Waals surface area (Å²) in [6.07, 6.45) is -0.244. The van der Waals surface area contributed by atoms with Crippen LogP contribution in [0, 0.1) is 11.8 Å². The molecule has 1 unspecified atom stereocenters. The Labute approximate surface area is 269 Å². The molecule has 3 aliphatic rings. The van der Waals surface area contributed by atoms with Gasteiger partial charge in [-0.05, 0) is 42.5 Å². The number of benzene rings is 3. The van der Waals surface area contributed by atoms with Gasteiger partial charge in [-0.2, -0.15) is 0 Å². The van der Waals surface area contributed by atoms with Crippen molar-refractivity contribution in [2.24, 2.45) is 11.8 Å². The Kier molecular flexibility index (Phi) is 8.37. The minimum atomic E-state index is -2.17. The smallest absolute Gasteiger partial charge is 0.231 e. The zero-order valence-electron chi connectivity index (χ0n) is 26.9. The summed E-state index contributed by atoms with van der Waals surface area (Å²) in [4.78, 5) is 29.8. The Balaban J connectivity index is 1.60. The zero-order chi connectivity index (χ0) is 32.8. The number of aliphatic hydroxyl groups is 2. The number of likely N-dealkylation sites (tertiary alicyclic amines) is 1. The molecular weight excluding hydrogens is 588 g/mol. The third-order valence-electron chi connectivity index (χ3n) is 10.1. The minimum Gasteiger partial charge on any atom is -0.497 e. The van der Waals surface area contributed by atoms with Crippen LogP contribution < -0.4 is 24.3 Å². The number of carbonyl (C=O) groups is 2. The predicted octanol–water partition coefficient (Wildman–Crippen LogP) is 4.07. The molecule has 2 bridgehead atoms. The van der Waals surface area contributed by atoms with E-state index in [0.29, 0.717) is 48.4 Å². The van der Waals surface area contributed by atoms with Crippen LogP contribution in [0.3, 0.4) is 0 Å². The quantitative estimate of drug-likeness (QED) is 0.323. The van der Waals surface area contributed by atoms with Gasteiger partial charge in [0.15, 0.2) is 5.60 Å². The highest BCUT2D eigenvalue weighted by atomic mass is 16.5. The van der Waals surface area contributed by atoms with Gasteiger partial charge in [-0.3, -0.25) is 9.59 Å². The van der Waals surface area contributed by atoms with Crippen LogP contribution in [0.1, 0.15) is 55.7 Å². The predicted molar refractivity (Wildman–Crippen MR) is 170 cm³/mol. The van der Waals surface area contributed by atoms with Crippen LogP contribution in [0.5, 0.6) is 23.0 Å². The van der Waals surface area contributed by atoms with Crippen LogP contribution in [0.25, 0.3) is 0 Å². The molecule has 46 heavy (non-hydrogen) atoms. The molecule has 0 aromatic heterocycles. The summed E-state index contributed by atoms with van der Waals surface area (Å²) >= 11 is 0. The average Bonchev–Trinajstić information content (AvgIpc) is 3.59. The molecule has 3 aromatic rings. The maximum absolute atomic E-state index is 15.1. The maximum Gasteiger partial charge on any atom is 0.231 e. The largest absolute Gasteiger partial charge is 0.497 e. The molecule has 3 N–H and O–H groups in total. The third kappa shape index (κ3) is 4.69. The fraction of sp³-hybridized carbons (Fsp3) is 0.444. The van der Waals surface area contributed by atoms with Gasteiger partial charge in [-0.15, -0.1) is 0 Å². The monoisotopic (exact) mass is 630 g/mol. The number of aliphatic hydroxyl groups excluding tert-OH is 1. The number of methoxy groups -OCH3 is 3. The number of ether oxygens (including phenoxy) is 4. The normalized spacial score (nSPS) is 28.5. The van der Waals surface area contributed by atoms with E-state index in [2.05, 4.69) is 5.32 Å². The van der Waals surface area contributed by atoms with E-state index in [9.17, 15) is 15.0 Å². The van der Waals surface area contributed by atoms with Crippen molar-refractivity contribution < 1.29 is 38.7 Å². The molecular formula is C36H42N2O8. The highest BCUT2D eigenvalue weighted by Gasteiger charge is 2.76. The molecule has 6 rings (SSSR count). The Morgan fingerprint density at radius 1 is 1.02 bits per heavy atom. The first-order valence-corrected chi connectivity index (χ1v) is 15.8. The fourth-order valence-corrected chi connectivity index (χ4v) is 7.61. The van der Waals surface area contributed by atoms with E-state index in [-0.39, 0.29) is 28.9 Å². The molecule has 1 aliphatic carbocycles. The lowest BCUT2D eigenvalue weighted by Gasteiger charge is -2.45. The summed E-state index contributed by atoms with van der Waals surface area (Å²) in [7, 11) is 4.54. The van der Waals surface area contributed by atoms with Crippen molar-refractivity contribution in [2.45, 2.75) is 62.5 Å². The Morgan fingerprint density at radius 2 is 1.72 bits per heavy atom. The third-order valence-corrected chi connectivity index (χ3v) is 10.1. The van der Waals surface area contributed by atoms with Crippen molar-refractivity contribution in [3.8, 4) is 23.0 Å². The second-order valence-corrected chi connectivity index (χ2v) is 12.4. The molecule has 1 saturated carbocycles. The standard InChI is InChI=1S/C36H42N2O8/c1-6-21(2)32(39)37-28-13-10-18-38(28)33(40)31-29(22-11-8-7-9-12-22)36(23-14-16-24(43-3)17-15-23)34(41)35(31,42)30-26(45-5)19-25(44-4)20-27(30)46-36/h7-9,11-12,14-17,19-21,28-29,31,34,41-42H,6,10,13,18H2,1-5H3,(H,37,39)/t21?,28-,29+,31-,34-,35-,36-/m0/s1. The number of nitrogens with one attached hydrogen (secondary N) is 1. The molecule has 3 aromatic carbocycles. The average molecular weight is 631 g/mol. The molecule has 2 heterocycles. The van der Waals surface area contributed by atoms with Gasteiger partial charge in [-0.1, -0.05) is 56.3 Å². The molecule has 0 radical (unpaired) electrons. The number of rotatable bonds is 9. The van der Waals surface area contributed by atoms with Gasteiger partial charge >= 0.3 is 0 Å². The summed E-state index contributed by atoms with van der Waals surface area (Å²) in [5.74, 6) is -1.38. The van der Waals surface area contributed by atoms with Gasteiger partial charge in [-0.25, -0.2) is 0 Å². The van der Waals surface area contributed by atoms with E-state index in [0.717, 1.165) is 0 Å². The van der Waals surface area contributed by atoms with Crippen molar-refractivity contribution in [1.82, 2.24) is 10.2 Å². The van der Waals surface area contributed by atoms with Crippen molar-refractivity contribution in [3.05, 3.63) is 83.4 Å². The van der Waals surface area contributed by atoms with E-state index in [1.165, 1.54) is 14.2 Å². The van der Waals surface area contributed by atoms with Crippen LogP contribution in [0.2, 0.25) is 0 Å². The van der Waals surface area contributed by atoms with Crippen LogP contribution in [-0.4, -0.2) is 67.1 Å². The Morgan fingerprint density at radius 3 is 2.35 bits per heavy atom. The van der Waals surface area contributed by atoms with E-state index in [4.69, 9.17) is 18.9 Å². The summed E-state index contributed by atoms with van der Waals surface area (Å²) in [6, 6.07) is 19.7. The van der Waals surface area contributed by atoms with Crippen molar-refractivity contribution in [1.29, 1.82) is 0 Å². The van der Waals surface area contributed by atoms with Crippen molar-refractivity contribution >= 4 is 11.8 Å². The number of hydrogen-bond acceptors (Lipinski definition) is 8.